The first kappa shape index (κ1) is 13.1. The molecule has 0 unspecified atom stereocenters. The molecule has 0 N–H and O–H groups in total. The molecule has 0 fully saturated rings. The van der Waals surface area contributed by atoms with E-state index in [1.54, 1.807) is 10.8 Å². The quantitative estimate of drug-likeness (QED) is 0.727. The van der Waals surface area contributed by atoms with E-state index >= 15 is 0 Å². The standard InChI is InChI=1S/C11H17ClN2O2/c1-13(2)4-5-16-11-8-14(3)9(7-12)6-10(11)15/h6,8H,4-5,7H2,1-3H3. The van der Waals surface area contributed by atoms with Crippen LogP contribution in [0.1, 0.15) is 5.69 Å². The smallest absolute Gasteiger partial charge is 0.223 e. The molecule has 5 heteroatoms. The molecule has 1 aromatic heterocycles. The number of pyridine rings is 1. The minimum Gasteiger partial charge on any atom is -0.487 e. The van der Waals surface area contributed by atoms with Crippen LogP contribution in [0.5, 0.6) is 5.75 Å². The van der Waals surface area contributed by atoms with Gasteiger partial charge in [-0.3, -0.25) is 4.79 Å². The summed E-state index contributed by atoms with van der Waals surface area (Å²) in [6.45, 7) is 1.28. The molecule has 0 spiro atoms. The lowest BCUT2D eigenvalue weighted by Gasteiger charge is -2.12. The molecule has 1 heterocycles. The molecule has 0 aliphatic carbocycles. The van der Waals surface area contributed by atoms with E-state index in [-0.39, 0.29) is 5.43 Å². The summed E-state index contributed by atoms with van der Waals surface area (Å²) < 4.78 is 7.21. The van der Waals surface area contributed by atoms with Crippen LogP contribution in [-0.2, 0) is 12.9 Å². The third-order valence-corrected chi connectivity index (χ3v) is 2.51. The fourth-order valence-corrected chi connectivity index (χ4v) is 1.49. The third-order valence-electron chi connectivity index (χ3n) is 2.24. The lowest BCUT2D eigenvalue weighted by Crippen LogP contribution is -2.22. The lowest BCUT2D eigenvalue weighted by molar-refractivity contribution is 0.258. The first-order valence-electron chi connectivity index (χ1n) is 5.07. The Bertz CT molecular complexity index is 401. The largest absolute Gasteiger partial charge is 0.487 e. The molecule has 0 saturated carbocycles. The summed E-state index contributed by atoms with van der Waals surface area (Å²) in [5.41, 5.74) is 0.666. The van der Waals surface area contributed by atoms with E-state index in [4.69, 9.17) is 16.3 Å². The maximum Gasteiger partial charge on any atom is 0.223 e. The van der Waals surface area contributed by atoms with E-state index in [0.29, 0.717) is 18.2 Å². The van der Waals surface area contributed by atoms with Crippen molar-refractivity contribution in [3.05, 3.63) is 28.2 Å². The van der Waals surface area contributed by atoms with Gasteiger partial charge in [-0.2, -0.15) is 0 Å². The Morgan fingerprint density at radius 1 is 1.50 bits per heavy atom. The van der Waals surface area contributed by atoms with Crippen molar-refractivity contribution in [2.75, 3.05) is 27.2 Å². The Kier molecular flexibility index (Phi) is 4.83. The maximum atomic E-state index is 11.6. The van der Waals surface area contributed by atoms with Gasteiger partial charge in [0.1, 0.15) is 6.61 Å². The first-order valence-corrected chi connectivity index (χ1v) is 5.61. The highest BCUT2D eigenvalue weighted by atomic mass is 35.5. The van der Waals surface area contributed by atoms with Gasteiger partial charge in [0.15, 0.2) is 5.75 Å². The minimum atomic E-state index is -0.118. The van der Waals surface area contributed by atoms with Crippen molar-refractivity contribution < 1.29 is 4.74 Å². The number of alkyl halides is 1. The van der Waals surface area contributed by atoms with Gasteiger partial charge in [0.05, 0.1) is 12.1 Å². The number of likely N-dealkylation sites (N-methyl/N-ethyl adjacent to an activating group) is 1. The van der Waals surface area contributed by atoms with Crippen molar-refractivity contribution in [2.45, 2.75) is 5.88 Å². The van der Waals surface area contributed by atoms with Crippen LogP contribution < -0.4 is 10.2 Å². The zero-order chi connectivity index (χ0) is 12.1. The summed E-state index contributed by atoms with van der Waals surface area (Å²) in [4.78, 5) is 13.6. The Labute approximate surface area is 100 Å². The molecule has 1 aromatic rings. The minimum absolute atomic E-state index is 0.118. The van der Waals surface area contributed by atoms with Crippen molar-refractivity contribution in [3.8, 4) is 5.75 Å². The number of rotatable bonds is 5. The third kappa shape index (κ3) is 3.54. The first-order chi connectivity index (χ1) is 7.54. The van der Waals surface area contributed by atoms with Gasteiger partial charge >= 0.3 is 0 Å². The second-order valence-corrected chi connectivity index (χ2v) is 4.16. The highest BCUT2D eigenvalue weighted by Gasteiger charge is 2.04. The highest BCUT2D eigenvalue weighted by molar-refractivity contribution is 6.16. The van der Waals surface area contributed by atoms with Crippen LogP contribution in [0.4, 0.5) is 0 Å². The normalized spacial score (nSPS) is 10.8. The van der Waals surface area contributed by atoms with Crippen molar-refractivity contribution in [3.63, 3.8) is 0 Å². The molecule has 0 saturated heterocycles. The number of hydrogen-bond acceptors (Lipinski definition) is 3. The number of halogens is 1. The van der Waals surface area contributed by atoms with Gasteiger partial charge in [-0.25, -0.2) is 0 Å². The van der Waals surface area contributed by atoms with E-state index in [0.717, 1.165) is 12.2 Å². The molecular formula is C11H17ClN2O2. The molecule has 0 bridgehead atoms. The topological polar surface area (TPSA) is 34.5 Å². The molecule has 0 aliphatic heterocycles. The van der Waals surface area contributed by atoms with Crippen molar-refractivity contribution >= 4 is 11.6 Å². The van der Waals surface area contributed by atoms with Crippen LogP contribution in [0.2, 0.25) is 0 Å². The van der Waals surface area contributed by atoms with Crippen LogP contribution >= 0.6 is 11.6 Å². The Balaban J connectivity index is 2.74. The summed E-state index contributed by atoms with van der Waals surface area (Å²) in [5.74, 6) is 0.696. The van der Waals surface area contributed by atoms with Gasteiger partial charge in [-0.05, 0) is 14.1 Å². The van der Waals surface area contributed by atoms with E-state index in [1.165, 1.54) is 6.07 Å². The second-order valence-electron chi connectivity index (χ2n) is 3.89. The average molecular weight is 245 g/mol. The summed E-state index contributed by atoms with van der Waals surface area (Å²) in [6, 6.07) is 1.51. The summed E-state index contributed by atoms with van der Waals surface area (Å²) in [5, 5.41) is 0. The molecule has 0 atom stereocenters. The number of hydrogen-bond donors (Lipinski definition) is 0. The van der Waals surface area contributed by atoms with Gasteiger partial charge in [-0.1, -0.05) is 0 Å². The molecular weight excluding hydrogens is 228 g/mol. The van der Waals surface area contributed by atoms with E-state index < -0.39 is 0 Å². The van der Waals surface area contributed by atoms with Crippen LogP contribution in [-0.4, -0.2) is 36.7 Å². The highest BCUT2D eigenvalue weighted by Crippen LogP contribution is 2.07. The molecule has 0 aromatic carbocycles. The maximum absolute atomic E-state index is 11.6. The van der Waals surface area contributed by atoms with E-state index in [2.05, 4.69) is 0 Å². The van der Waals surface area contributed by atoms with E-state index in [1.807, 2.05) is 26.0 Å². The Morgan fingerprint density at radius 3 is 2.75 bits per heavy atom. The lowest BCUT2D eigenvalue weighted by atomic mass is 10.3. The average Bonchev–Trinajstić information content (AvgIpc) is 2.22. The molecule has 0 radical (unpaired) electrons. The van der Waals surface area contributed by atoms with E-state index in [9.17, 15) is 4.79 Å². The van der Waals surface area contributed by atoms with Crippen molar-refractivity contribution in [1.82, 2.24) is 9.47 Å². The number of aromatic nitrogens is 1. The van der Waals surface area contributed by atoms with Gasteiger partial charge in [0.25, 0.3) is 0 Å². The molecule has 4 nitrogen and oxygen atoms in total. The number of ether oxygens (including phenoxy) is 1. The van der Waals surface area contributed by atoms with Crippen LogP contribution in [0.15, 0.2) is 17.1 Å². The molecule has 0 amide bonds. The molecule has 0 aliphatic rings. The zero-order valence-electron chi connectivity index (χ0n) is 9.86. The van der Waals surface area contributed by atoms with Crippen LogP contribution in [0, 0.1) is 0 Å². The fourth-order valence-electron chi connectivity index (χ4n) is 1.23. The van der Waals surface area contributed by atoms with Gasteiger partial charge in [-0.15, -0.1) is 11.6 Å². The zero-order valence-corrected chi connectivity index (χ0v) is 10.6. The number of aryl methyl sites for hydroxylation is 1. The van der Waals surface area contributed by atoms with Gasteiger partial charge < -0.3 is 14.2 Å². The predicted molar refractivity (Wildman–Crippen MR) is 65.3 cm³/mol. The molecule has 16 heavy (non-hydrogen) atoms. The van der Waals surface area contributed by atoms with Crippen LogP contribution in [0.3, 0.4) is 0 Å². The SMILES string of the molecule is CN(C)CCOc1cn(C)c(CCl)cc1=O. The second kappa shape index (κ2) is 5.92. The van der Waals surface area contributed by atoms with Gasteiger partial charge in [0, 0.05) is 25.4 Å². The fraction of sp³-hybridized carbons (Fsp3) is 0.545. The van der Waals surface area contributed by atoms with Crippen molar-refractivity contribution in [2.24, 2.45) is 7.05 Å². The summed E-state index contributed by atoms with van der Waals surface area (Å²) in [7, 11) is 5.76. The molecule has 1 rings (SSSR count). The predicted octanol–water partition coefficient (Wildman–Crippen LogP) is 1.06. The molecule has 90 valence electrons. The number of nitrogens with zero attached hydrogens (tertiary/aromatic N) is 2. The Hall–Kier alpha value is -1.00. The monoisotopic (exact) mass is 244 g/mol. The Morgan fingerprint density at radius 2 is 2.19 bits per heavy atom. The summed E-state index contributed by atoms with van der Waals surface area (Å²) >= 11 is 5.70. The van der Waals surface area contributed by atoms with Crippen LogP contribution in [0.25, 0.3) is 0 Å². The van der Waals surface area contributed by atoms with Crippen molar-refractivity contribution in [1.29, 1.82) is 0 Å². The summed E-state index contributed by atoms with van der Waals surface area (Å²) in [6.07, 6.45) is 1.68. The van der Waals surface area contributed by atoms with Gasteiger partial charge in [0.2, 0.25) is 5.43 Å².